The van der Waals surface area contributed by atoms with E-state index >= 15 is 0 Å². The molecule has 0 heterocycles. The van der Waals surface area contributed by atoms with Gasteiger partial charge < -0.3 is 14.8 Å². The van der Waals surface area contributed by atoms with Crippen molar-refractivity contribution in [3.63, 3.8) is 0 Å². The second-order valence-electron chi connectivity index (χ2n) is 5.78. The predicted octanol–water partition coefficient (Wildman–Crippen LogP) is 2.82. The molecule has 0 rings (SSSR count). The van der Waals surface area contributed by atoms with Crippen molar-refractivity contribution in [3.05, 3.63) is 0 Å². The SMILES string of the molecule is CCCCCNC(CCC(=O)OC(C)C)C(=O)OC(C)C. The first-order valence-electron chi connectivity index (χ1n) is 8.00. The Bertz CT molecular complexity index is 303. The highest BCUT2D eigenvalue weighted by atomic mass is 16.5. The van der Waals surface area contributed by atoms with Gasteiger partial charge in [-0.2, -0.15) is 0 Å². The fourth-order valence-electron chi connectivity index (χ4n) is 1.85. The summed E-state index contributed by atoms with van der Waals surface area (Å²) in [5, 5.41) is 3.19. The molecule has 0 aliphatic rings. The molecule has 1 atom stereocenters. The molecule has 0 bridgehead atoms. The second-order valence-corrected chi connectivity index (χ2v) is 5.78. The van der Waals surface area contributed by atoms with Gasteiger partial charge in [0.15, 0.2) is 0 Å². The quantitative estimate of drug-likeness (QED) is 0.469. The van der Waals surface area contributed by atoms with E-state index in [1.165, 1.54) is 0 Å². The van der Waals surface area contributed by atoms with Gasteiger partial charge in [-0.3, -0.25) is 9.59 Å². The first kappa shape index (κ1) is 19.9. The molecule has 1 unspecified atom stereocenters. The predicted molar refractivity (Wildman–Crippen MR) is 83.0 cm³/mol. The third kappa shape index (κ3) is 11.3. The highest BCUT2D eigenvalue weighted by molar-refractivity contribution is 5.77. The lowest BCUT2D eigenvalue weighted by atomic mass is 10.1. The number of ether oxygens (including phenoxy) is 2. The van der Waals surface area contributed by atoms with Crippen molar-refractivity contribution in [2.24, 2.45) is 0 Å². The Morgan fingerprint density at radius 1 is 1.00 bits per heavy atom. The Hall–Kier alpha value is -1.10. The summed E-state index contributed by atoms with van der Waals surface area (Å²) in [4.78, 5) is 23.6. The van der Waals surface area contributed by atoms with E-state index < -0.39 is 6.04 Å². The standard InChI is InChI=1S/C16H31NO4/c1-6-7-8-11-17-14(16(19)21-13(4)5)9-10-15(18)20-12(2)3/h12-14,17H,6-11H2,1-5H3. The molecule has 0 aliphatic heterocycles. The van der Waals surface area contributed by atoms with Crippen molar-refractivity contribution >= 4 is 11.9 Å². The van der Waals surface area contributed by atoms with E-state index in [0.29, 0.717) is 6.42 Å². The Morgan fingerprint density at radius 2 is 1.62 bits per heavy atom. The first-order valence-corrected chi connectivity index (χ1v) is 8.00. The highest BCUT2D eigenvalue weighted by Crippen LogP contribution is 2.06. The number of carbonyl (C=O) groups is 2. The van der Waals surface area contributed by atoms with E-state index in [0.717, 1.165) is 25.8 Å². The minimum atomic E-state index is -0.441. The average Bonchev–Trinajstić information content (AvgIpc) is 2.36. The van der Waals surface area contributed by atoms with Gasteiger partial charge in [0, 0.05) is 6.42 Å². The van der Waals surface area contributed by atoms with E-state index in [4.69, 9.17) is 9.47 Å². The normalized spacial score (nSPS) is 12.5. The van der Waals surface area contributed by atoms with E-state index in [-0.39, 0.29) is 30.6 Å². The molecule has 21 heavy (non-hydrogen) atoms. The molecule has 0 fully saturated rings. The monoisotopic (exact) mass is 301 g/mol. The van der Waals surface area contributed by atoms with Gasteiger partial charge in [0.05, 0.1) is 12.2 Å². The lowest BCUT2D eigenvalue weighted by Crippen LogP contribution is -2.40. The van der Waals surface area contributed by atoms with Crippen LogP contribution in [-0.4, -0.2) is 36.7 Å². The Labute approximate surface area is 128 Å². The van der Waals surface area contributed by atoms with Gasteiger partial charge in [-0.15, -0.1) is 0 Å². The van der Waals surface area contributed by atoms with E-state index in [1.54, 1.807) is 0 Å². The van der Waals surface area contributed by atoms with Crippen LogP contribution in [0.5, 0.6) is 0 Å². The molecule has 0 aromatic heterocycles. The molecule has 0 aromatic rings. The summed E-state index contributed by atoms with van der Waals surface area (Å²) in [5.74, 6) is -0.568. The van der Waals surface area contributed by atoms with E-state index in [9.17, 15) is 9.59 Å². The summed E-state index contributed by atoms with van der Waals surface area (Å²) < 4.78 is 10.3. The van der Waals surface area contributed by atoms with Crippen LogP contribution < -0.4 is 5.32 Å². The zero-order chi connectivity index (χ0) is 16.3. The molecular weight excluding hydrogens is 270 g/mol. The van der Waals surface area contributed by atoms with Crippen LogP contribution in [0.25, 0.3) is 0 Å². The summed E-state index contributed by atoms with van der Waals surface area (Å²) in [6.45, 7) is 10.1. The van der Waals surface area contributed by atoms with E-state index in [1.807, 2.05) is 27.7 Å². The molecule has 0 aliphatic carbocycles. The highest BCUT2D eigenvalue weighted by Gasteiger charge is 2.22. The van der Waals surface area contributed by atoms with Crippen LogP contribution in [0.4, 0.5) is 0 Å². The van der Waals surface area contributed by atoms with Crippen LogP contribution in [0, 0.1) is 0 Å². The van der Waals surface area contributed by atoms with Crippen LogP contribution in [0.1, 0.15) is 66.7 Å². The average molecular weight is 301 g/mol. The number of hydrogen-bond donors (Lipinski definition) is 1. The largest absolute Gasteiger partial charge is 0.463 e. The van der Waals surface area contributed by atoms with Crippen molar-refractivity contribution in [2.75, 3.05) is 6.54 Å². The summed E-state index contributed by atoms with van der Waals surface area (Å²) in [7, 11) is 0. The number of esters is 2. The summed E-state index contributed by atoms with van der Waals surface area (Å²) >= 11 is 0. The zero-order valence-electron chi connectivity index (χ0n) is 14.1. The Kier molecular flexibility index (Phi) is 10.9. The Morgan fingerprint density at radius 3 is 2.14 bits per heavy atom. The lowest BCUT2D eigenvalue weighted by molar-refractivity contribution is -0.151. The molecule has 0 aromatic carbocycles. The number of rotatable bonds is 11. The molecule has 0 saturated heterocycles. The van der Waals surface area contributed by atoms with Crippen LogP contribution in [-0.2, 0) is 19.1 Å². The van der Waals surface area contributed by atoms with Crippen molar-refractivity contribution in [1.82, 2.24) is 5.32 Å². The molecule has 0 spiro atoms. The minimum Gasteiger partial charge on any atom is -0.463 e. The van der Waals surface area contributed by atoms with Gasteiger partial charge in [0.2, 0.25) is 0 Å². The molecule has 0 saturated carbocycles. The van der Waals surface area contributed by atoms with Gasteiger partial charge in [0.1, 0.15) is 6.04 Å². The van der Waals surface area contributed by atoms with Crippen LogP contribution >= 0.6 is 0 Å². The maximum absolute atomic E-state index is 12.0. The molecule has 124 valence electrons. The second kappa shape index (κ2) is 11.5. The van der Waals surface area contributed by atoms with Gasteiger partial charge in [0.25, 0.3) is 0 Å². The molecule has 1 N–H and O–H groups in total. The molecule has 5 nitrogen and oxygen atoms in total. The first-order chi connectivity index (χ1) is 9.86. The van der Waals surface area contributed by atoms with Gasteiger partial charge in [-0.1, -0.05) is 19.8 Å². The summed E-state index contributed by atoms with van der Waals surface area (Å²) in [6, 6.07) is -0.441. The molecule has 5 heteroatoms. The zero-order valence-corrected chi connectivity index (χ0v) is 14.1. The third-order valence-corrected chi connectivity index (χ3v) is 2.81. The van der Waals surface area contributed by atoms with Crippen molar-refractivity contribution < 1.29 is 19.1 Å². The van der Waals surface area contributed by atoms with Crippen molar-refractivity contribution in [2.45, 2.75) is 85.0 Å². The van der Waals surface area contributed by atoms with Gasteiger partial charge >= 0.3 is 11.9 Å². The fraction of sp³-hybridized carbons (Fsp3) is 0.875. The maximum Gasteiger partial charge on any atom is 0.323 e. The number of carbonyl (C=O) groups excluding carboxylic acids is 2. The maximum atomic E-state index is 12.0. The Balaban J connectivity index is 4.29. The van der Waals surface area contributed by atoms with Crippen molar-refractivity contribution in [3.8, 4) is 0 Å². The van der Waals surface area contributed by atoms with Crippen LogP contribution in [0.15, 0.2) is 0 Å². The van der Waals surface area contributed by atoms with Crippen molar-refractivity contribution in [1.29, 1.82) is 0 Å². The lowest BCUT2D eigenvalue weighted by Gasteiger charge is -2.19. The van der Waals surface area contributed by atoms with Gasteiger partial charge in [-0.25, -0.2) is 0 Å². The minimum absolute atomic E-state index is 0.129. The fourth-order valence-corrected chi connectivity index (χ4v) is 1.85. The third-order valence-electron chi connectivity index (χ3n) is 2.81. The number of unbranched alkanes of at least 4 members (excludes halogenated alkanes) is 2. The van der Waals surface area contributed by atoms with E-state index in [2.05, 4.69) is 12.2 Å². The smallest absolute Gasteiger partial charge is 0.323 e. The topological polar surface area (TPSA) is 64.6 Å². The molecule has 0 amide bonds. The molecule has 0 radical (unpaired) electrons. The van der Waals surface area contributed by atoms with Crippen LogP contribution in [0.2, 0.25) is 0 Å². The number of hydrogen-bond acceptors (Lipinski definition) is 5. The summed E-state index contributed by atoms with van der Waals surface area (Å²) in [5.41, 5.74) is 0. The summed E-state index contributed by atoms with van der Waals surface area (Å²) in [6.07, 6.45) is 3.60. The molecular formula is C16H31NO4. The van der Waals surface area contributed by atoms with Gasteiger partial charge in [-0.05, 0) is 47.1 Å². The van der Waals surface area contributed by atoms with Crippen LogP contribution in [0.3, 0.4) is 0 Å². The number of nitrogens with one attached hydrogen (secondary N) is 1.